The van der Waals surface area contributed by atoms with Gasteiger partial charge in [-0.1, -0.05) is 30.3 Å². The van der Waals surface area contributed by atoms with Crippen molar-refractivity contribution in [3.8, 4) is 0 Å². The number of rotatable bonds is 5. The molecule has 0 aliphatic carbocycles. The second kappa shape index (κ2) is 9.82. The molecular weight excluding hydrogens is 380 g/mol. The highest BCUT2D eigenvalue weighted by Gasteiger charge is 2.35. The number of carbonyl (C=O) groups is 2. The van der Waals surface area contributed by atoms with Crippen molar-refractivity contribution < 1.29 is 19.1 Å². The van der Waals surface area contributed by atoms with E-state index in [2.05, 4.69) is 29.6 Å². The predicted molar refractivity (Wildman–Crippen MR) is 116 cm³/mol. The van der Waals surface area contributed by atoms with Crippen LogP contribution in [0.3, 0.4) is 0 Å². The second-order valence-corrected chi connectivity index (χ2v) is 9.65. The predicted octanol–water partition coefficient (Wildman–Crippen LogP) is 3.89. The lowest BCUT2D eigenvalue weighted by molar-refractivity contribution is -0.122. The van der Waals surface area contributed by atoms with Crippen LogP contribution in [-0.4, -0.2) is 55.3 Å². The van der Waals surface area contributed by atoms with Gasteiger partial charge in [-0.05, 0) is 57.9 Å². The van der Waals surface area contributed by atoms with Crippen LogP contribution in [0.25, 0.3) is 0 Å². The first-order valence-corrected chi connectivity index (χ1v) is 11.2. The van der Waals surface area contributed by atoms with E-state index in [0.717, 1.165) is 38.9 Å². The number of benzene rings is 1. The molecule has 0 atom stereocenters. The molecule has 2 heterocycles. The zero-order valence-electron chi connectivity index (χ0n) is 18.6. The normalized spacial score (nSPS) is 19.9. The Morgan fingerprint density at radius 2 is 1.77 bits per heavy atom. The van der Waals surface area contributed by atoms with Crippen molar-refractivity contribution in [2.45, 2.75) is 63.9 Å². The summed E-state index contributed by atoms with van der Waals surface area (Å²) in [6.45, 7) is 9.04. The van der Waals surface area contributed by atoms with Gasteiger partial charge in [-0.3, -0.25) is 4.79 Å². The molecule has 6 nitrogen and oxygen atoms in total. The van der Waals surface area contributed by atoms with E-state index in [1.54, 1.807) is 4.90 Å². The van der Waals surface area contributed by atoms with E-state index in [-0.39, 0.29) is 17.4 Å². The largest absolute Gasteiger partial charge is 0.444 e. The van der Waals surface area contributed by atoms with Crippen LogP contribution in [-0.2, 0) is 19.7 Å². The Balaban J connectivity index is 1.47. The van der Waals surface area contributed by atoms with Gasteiger partial charge in [0.2, 0.25) is 5.91 Å². The van der Waals surface area contributed by atoms with Crippen molar-refractivity contribution in [3.63, 3.8) is 0 Å². The van der Waals surface area contributed by atoms with Gasteiger partial charge in [0.1, 0.15) is 5.60 Å². The maximum atomic E-state index is 12.7. The van der Waals surface area contributed by atoms with Crippen molar-refractivity contribution in [2.75, 3.05) is 32.8 Å². The standard InChI is InChI=1S/C24H36N2O4/c1-23(2,3)30-22(28)26-13-9-19(10-14-26)17-21(27)25-18-24(11-15-29-16-12-24)20-7-5-4-6-8-20/h4-8,19H,9-18H2,1-3H3,(H,25,27). The molecule has 0 spiro atoms. The summed E-state index contributed by atoms with van der Waals surface area (Å²) in [6.07, 6.45) is 3.78. The number of nitrogens with one attached hydrogen (secondary N) is 1. The van der Waals surface area contributed by atoms with Crippen LogP contribution in [0.15, 0.2) is 30.3 Å². The van der Waals surface area contributed by atoms with Crippen LogP contribution < -0.4 is 5.32 Å². The number of nitrogens with zero attached hydrogens (tertiary/aromatic N) is 1. The molecule has 0 radical (unpaired) electrons. The van der Waals surface area contributed by atoms with Crippen molar-refractivity contribution >= 4 is 12.0 Å². The molecule has 0 bridgehead atoms. The van der Waals surface area contributed by atoms with Gasteiger partial charge in [0.05, 0.1) is 0 Å². The molecule has 2 fully saturated rings. The Labute approximate surface area is 180 Å². The lowest BCUT2D eigenvalue weighted by Gasteiger charge is -2.38. The molecule has 6 heteroatoms. The molecule has 1 N–H and O–H groups in total. The third kappa shape index (κ3) is 6.21. The number of amides is 2. The third-order valence-corrected chi connectivity index (χ3v) is 6.20. The van der Waals surface area contributed by atoms with E-state index >= 15 is 0 Å². The quantitative estimate of drug-likeness (QED) is 0.791. The number of carbonyl (C=O) groups excluding carboxylic acids is 2. The summed E-state index contributed by atoms with van der Waals surface area (Å²) in [6, 6.07) is 10.5. The molecule has 1 aromatic carbocycles. The van der Waals surface area contributed by atoms with Gasteiger partial charge in [-0.25, -0.2) is 4.79 Å². The van der Waals surface area contributed by atoms with E-state index < -0.39 is 5.60 Å². The summed E-state index contributed by atoms with van der Waals surface area (Å²) in [5.74, 6) is 0.415. The van der Waals surface area contributed by atoms with E-state index in [1.807, 2.05) is 26.8 Å². The minimum Gasteiger partial charge on any atom is -0.444 e. The Morgan fingerprint density at radius 1 is 1.13 bits per heavy atom. The highest BCUT2D eigenvalue weighted by molar-refractivity contribution is 5.76. The Kier molecular flexibility index (Phi) is 7.40. The number of likely N-dealkylation sites (tertiary alicyclic amines) is 1. The van der Waals surface area contributed by atoms with Crippen LogP contribution in [0.1, 0.15) is 58.4 Å². The average molecular weight is 417 g/mol. The fraction of sp³-hybridized carbons (Fsp3) is 0.667. The Hall–Kier alpha value is -2.08. The highest BCUT2D eigenvalue weighted by atomic mass is 16.6. The van der Waals surface area contributed by atoms with E-state index in [9.17, 15) is 9.59 Å². The summed E-state index contributed by atoms with van der Waals surface area (Å²) >= 11 is 0. The fourth-order valence-electron chi connectivity index (χ4n) is 4.37. The number of ether oxygens (including phenoxy) is 2. The number of hydrogen-bond acceptors (Lipinski definition) is 4. The zero-order valence-corrected chi connectivity index (χ0v) is 18.6. The van der Waals surface area contributed by atoms with Crippen molar-refractivity contribution in [1.82, 2.24) is 10.2 Å². The lowest BCUT2D eigenvalue weighted by Crippen LogP contribution is -2.45. The molecule has 0 saturated carbocycles. The first-order chi connectivity index (χ1) is 14.3. The molecule has 3 rings (SSSR count). The third-order valence-electron chi connectivity index (χ3n) is 6.20. The fourth-order valence-corrected chi connectivity index (χ4v) is 4.37. The minimum absolute atomic E-state index is 0.0464. The molecule has 2 aliphatic rings. The molecule has 0 aromatic heterocycles. The van der Waals surface area contributed by atoms with Gasteiger partial charge in [-0.2, -0.15) is 0 Å². The smallest absolute Gasteiger partial charge is 0.410 e. The summed E-state index contributed by atoms with van der Waals surface area (Å²) < 4.78 is 11.0. The number of hydrogen-bond donors (Lipinski definition) is 1. The van der Waals surface area contributed by atoms with Crippen LogP contribution in [0.4, 0.5) is 4.79 Å². The molecule has 2 saturated heterocycles. The van der Waals surface area contributed by atoms with E-state index in [0.29, 0.717) is 32.0 Å². The Morgan fingerprint density at radius 3 is 2.37 bits per heavy atom. The maximum Gasteiger partial charge on any atom is 0.410 e. The zero-order chi connectivity index (χ0) is 21.6. The highest BCUT2D eigenvalue weighted by Crippen LogP contribution is 2.34. The molecule has 2 aliphatic heterocycles. The van der Waals surface area contributed by atoms with Crippen LogP contribution in [0.5, 0.6) is 0 Å². The van der Waals surface area contributed by atoms with Crippen molar-refractivity contribution in [3.05, 3.63) is 35.9 Å². The van der Waals surface area contributed by atoms with Gasteiger partial charge in [0.25, 0.3) is 0 Å². The molecule has 1 aromatic rings. The molecule has 30 heavy (non-hydrogen) atoms. The van der Waals surface area contributed by atoms with E-state index in [4.69, 9.17) is 9.47 Å². The first-order valence-electron chi connectivity index (χ1n) is 11.2. The number of piperidine rings is 1. The first kappa shape index (κ1) is 22.6. The summed E-state index contributed by atoms with van der Waals surface area (Å²) in [7, 11) is 0. The SMILES string of the molecule is CC(C)(C)OC(=O)N1CCC(CC(=O)NCC2(c3ccccc3)CCOCC2)CC1. The molecule has 166 valence electrons. The van der Waals surface area contributed by atoms with Gasteiger partial charge in [0, 0.05) is 44.7 Å². The average Bonchev–Trinajstić information content (AvgIpc) is 2.73. The van der Waals surface area contributed by atoms with Crippen molar-refractivity contribution in [2.24, 2.45) is 5.92 Å². The minimum atomic E-state index is -0.479. The van der Waals surface area contributed by atoms with Gasteiger partial charge in [-0.15, -0.1) is 0 Å². The van der Waals surface area contributed by atoms with E-state index in [1.165, 1.54) is 5.56 Å². The second-order valence-electron chi connectivity index (χ2n) is 9.65. The lowest BCUT2D eigenvalue weighted by atomic mass is 9.74. The molecule has 0 unspecified atom stereocenters. The monoisotopic (exact) mass is 416 g/mol. The van der Waals surface area contributed by atoms with Crippen LogP contribution in [0, 0.1) is 5.92 Å². The maximum absolute atomic E-state index is 12.7. The van der Waals surface area contributed by atoms with Crippen molar-refractivity contribution in [1.29, 1.82) is 0 Å². The summed E-state index contributed by atoms with van der Waals surface area (Å²) in [4.78, 5) is 26.6. The molecular formula is C24H36N2O4. The summed E-state index contributed by atoms with van der Waals surface area (Å²) in [5, 5.41) is 3.20. The van der Waals surface area contributed by atoms with Gasteiger partial charge < -0.3 is 19.7 Å². The van der Waals surface area contributed by atoms with Gasteiger partial charge >= 0.3 is 6.09 Å². The van der Waals surface area contributed by atoms with Crippen LogP contribution >= 0.6 is 0 Å². The van der Waals surface area contributed by atoms with Gasteiger partial charge in [0.15, 0.2) is 0 Å². The molecule has 2 amide bonds. The Bertz CT molecular complexity index is 700. The topological polar surface area (TPSA) is 67.9 Å². The summed E-state index contributed by atoms with van der Waals surface area (Å²) in [5.41, 5.74) is 0.751. The van der Waals surface area contributed by atoms with Crippen LogP contribution in [0.2, 0.25) is 0 Å².